The van der Waals surface area contributed by atoms with Crippen LogP contribution < -0.4 is 14.9 Å². The molecule has 0 saturated carbocycles. The maximum absolute atomic E-state index is 11.6. The van der Waals surface area contributed by atoms with Crippen LogP contribution in [0.3, 0.4) is 0 Å². The van der Waals surface area contributed by atoms with Gasteiger partial charge in [0.2, 0.25) is 0 Å². The molecule has 114 valence electrons. The Morgan fingerprint density at radius 2 is 1.95 bits per heavy atom. The number of para-hydroxylation sites is 1. The Labute approximate surface area is 133 Å². The van der Waals surface area contributed by atoms with Crippen molar-refractivity contribution in [3.8, 4) is 11.5 Å². The molecule has 0 unspecified atom stereocenters. The molecule has 6 heteroatoms. The highest BCUT2D eigenvalue weighted by atomic mass is 35.5. The van der Waals surface area contributed by atoms with Gasteiger partial charge in [-0.3, -0.25) is 4.79 Å². The number of rotatable bonds is 6. The number of nitrogens with zero attached hydrogens (tertiary/aromatic N) is 1. The number of carbonyl (C=O) groups is 1. The lowest BCUT2D eigenvalue weighted by Crippen LogP contribution is -2.24. The van der Waals surface area contributed by atoms with E-state index in [-0.39, 0.29) is 12.5 Å². The highest BCUT2D eigenvalue weighted by Gasteiger charge is 2.04. The summed E-state index contributed by atoms with van der Waals surface area (Å²) in [4.78, 5) is 11.6. The zero-order valence-electron chi connectivity index (χ0n) is 12.0. The molecule has 0 heterocycles. The van der Waals surface area contributed by atoms with Crippen LogP contribution in [0.2, 0.25) is 5.02 Å². The molecule has 0 atom stereocenters. The number of methoxy groups -OCH3 is 1. The minimum absolute atomic E-state index is 0.163. The lowest BCUT2D eigenvalue weighted by atomic mass is 10.2. The molecular weight excluding hydrogens is 304 g/mol. The Morgan fingerprint density at radius 1 is 1.23 bits per heavy atom. The van der Waals surface area contributed by atoms with E-state index in [4.69, 9.17) is 21.1 Å². The molecule has 2 aromatic rings. The normalized spacial score (nSPS) is 10.5. The minimum Gasteiger partial charge on any atom is -0.497 e. The summed E-state index contributed by atoms with van der Waals surface area (Å²) in [6.45, 7) is -0.163. The number of hydrogen-bond donors (Lipinski definition) is 1. The third-order valence-electron chi connectivity index (χ3n) is 2.71. The lowest BCUT2D eigenvalue weighted by molar-refractivity contribution is -0.123. The standard InChI is InChI=1S/C16H15ClN2O3/c1-21-13-8-6-12(7-9-13)10-18-19-16(20)11-22-15-5-3-2-4-14(15)17/h2-10H,11H2,1H3,(H,19,20)/b18-10-. The van der Waals surface area contributed by atoms with Crippen LogP contribution in [0.4, 0.5) is 0 Å². The molecule has 1 N–H and O–H groups in total. The first kappa shape index (κ1) is 15.9. The van der Waals surface area contributed by atoms with Crippen molar-refractivity contribution in [2.45, 2.75) is 0 Å². The predicted octanol–water partition coefficient (Wildman–Crippen LogP) is 2.88. The highest BCUT2D eigenvalue weighted by Crippen LogP contribution is 2.22. The summed E-state index contributed by atoms with van der Waals surface area (Å²) in [6.07, 6.45) is 1.53. The number of halogens is 1. The van der Waals surface area contributed by atoms with Gasteiger partial charge in [0.15, 0.2) is 6.61 Å². The Bertz CT molecular complexity index is 657. The predicted molar refractivity (Wildman–Crippen MR) is 85.7 cm³/mol. The largest absolute Gasteiger partial charge is 0.497 e. The van der Waals surface area contributed by atoms with Gasteiger partial charge in [-0.2, -0.15) is 5.10 Å². The first-order chi connectivity index (χ1) is 10.7. The van der Waals surface area contributed by atoms with Gasteiger partial charge in [-0.1, -0.05) is 23.7 Å². The third kappa shape index (κ3) is 4.79. The molecule has 0 aliphatic carbocycles. The minimum atomic E-state index is -0.371. The Hall–Kier alpha value is -2.53. The van der Waals surface area contributed by atoms with Crippen molar-refractivity contribution >= 4 is 23.7 Å². The molecule has 1 amide bonds. The molecule has 22 heavy (non-hydrogen) atoms. The fraction of sp³-hybridized carbons (Fsp3) is 0.125. The maximum atomic E-state index is 11.6. The van der Waals surface area contributed by atoms with Crippen LogP contribution >= 0.6 is 11.6 Å². The van der Waals surface area contributed by atoms with Crippen LogP contribution in [0.1, 0.15) is 5.56 Å². The molecule has 0 fully saturated rings. The van der Waals surface area contributed by atoms with Crippen molar-refractivity contribution in [3.63, 3.8) is 0 Å². The molecule has 0 radical (unpaired) electrons. The van der Waals surface area contributed by atoms with E-state index < -0.39 is 0 Å². The Balaban J connectivity index is 1.79. The van der Waals surface area contributed by atoms with E-state index in [9.17, 15) is 4.79 Å². The number of ether oxygens (including phenoxy) is 2. The summed E-state index contributed by atoms with van der Waals surface area (Å²) in [6, 6.07) is 14.2. The van der Waals surface area contributed by atoms with Crippen LogP contribution in [0.15, 0.2) is 53.6 Å². The van der Waals surface area contributed by atoms with E-state index in [1.165, 1.54) is 6.21 Å². The molecule has 0 saturated heterocycles. The summed E-state index contributed by atoms with van der Waals surface area (Å²) >= 11 is 5.92. The number of carbonyl (C=O) groups excluding carboxylic acids is 1. The van der Waals surface area contributed by atoms with Crippen LogP contribution in [-0.2, 0) is 4.79 Å². The second kappa shape index (κ2) is 8.05. The topological polar surface area (TPSA) is 59.9 Å². The second-order valence-corrected chi connectivity index (χ2v) is 4.69. The number of hydrogen-bond acceptors (Lipinski definition) is 4. The van der Waals surface area contributed by atoms with Crippen molar-refractivity contribution in [2.24, 2.45) is 5.10 Å². The van der Waals surface area contributed by atoms with Crippen LogP contribution in [0.5, 0.6) is 11.5 Å². The summed E-state index contributed by atoms with van der Waals surface area (Å²) < 4.78 is 10.4. The van der Waals surface area contributed by atoms with Gasteiger partial charge in [0.1, 0.15) is 11.5 Å². The fourth-order valence-electron chi connectivity index (χ4n) is 1.61. The quantitative estimate of drug-likeness (QED) is 0.658. The summed E-state index contributed by atoms with van der Waals surface area (Å²) in [7, 11) is 1.60. The van der Waals surface area contributed by atoms with E-state index in [2.05, 4.69) is 10.5 Å². The number of amides is 1. The van der Waals surface area contributed by atoms with Gasteiger partial charge in [-0.05, 0) is 42.0 Å². The smallest absolute Gasteiger partial charge is 0.277 e. The zero-order chi connectivity index (χ0) is 15.8. The zero-order valence-corrected chi connectivity index (χ0v) is 12.7. The molecular formula is C16H15ClN2O3. The van der Waals surface area contributed by atoms with E-state index in [1.807, 2.05) is 24.3 Å². The van der Waals surface area contributed by atoms with E-state index in [0.717, 1.165) is 11.3 Å². The number of nitrogens with one attached hydrogen (secondary N) is 1. The Kier molecular flexibility index (Phi) is 5.80. The molecule has 0 aliphatic heterocycles. The molecule has 0 aromatic heterocycles. The van der Waals surface area contributed by atoms with Crippen LogP contribution in [0, 0.1) is 0 Å². The van der Waals surface area contributed by atoms with Gasteiger partial charge in [0.05, 0.1) is 18.3 Å². The molecule has 2 aromatic carbocycles. The molecule has 2 rings (SSSR count). The van der Waals surface area contributed by atoms with Gasteiger partial charge >= 0.3 is 0 Å². The van der Waals surface area contributed by atoms with E-state index >= 15 is 0 Å². The number of hydrazone groups is 1. The maximum Gasteiger partial charge on any atom is 0.277 e. The Morgan fingerprint density at radius 3 is 2.64 bits per heavy atom. The van der Waals surface area contributed by atoms with Crippen LogP contribution in [0.25, 0.3) is 0 Å². The number of benzene rings is 2. The molecule has 0 aliphatic rings. The van der Waals surface area contributed by atoms with Gasteiger partial charge in [-0.25, -0.2) is 5.43 Å². The van der Waals surface area contributed by atoms with E-state index in [0.29, 0.717) is 10.8 Å². The monoisotopic (exact) mass is 318 g/mol. The van der Waals surface area contributed by atoms with Gasteiger partial charge in [0, 0.05) is 0 Å². The molecule has 0 bridgehead atoms. The first-order valence-electron chi connectivity index (χ1n) is 6.52. The summed E-state index contributed by atoms with van der Waals surface area (Å²) in [5, 5.41) is 4.31. The average molecular weight is 319 g/mol. The van der Waals surface area contributed by atoms with Gasteiger partial charge < -0.3 is 9.47 Å². The van der Waals surface area contributed by atoms with Crippen molar-refractivity contribution in [3.05, 3.63) is 59.1 Å². The van der Waals surface area contributed by atoms with Crippen LogP contribution in [-0.4, -0.2) is 25.8 Å². The van der Waals surface area contributed by atoms with Crippen molar-refractivity contribution in [1.82, 2.24) is 5.43 Å². The summed E-state index contributed by atoms with van der Waals surface area (Å²) in [5.74, 6) is 0.845. The SMILES string of the molecule is COc1ccc(/C=N\NC(=O)COc2ccccc2Cl)cc1. The van der Waals surface area contributed by atoms with Gasteiger partial charge in [-0.15, -0.1) is 0 Å². The average Bonchev–Trinajstić information content (AvgIpc) is 2.55. The van der Waals surface area contributed by atoms with Gasteiger partial charge in [0.25, 0.3) is 5.91 Å². The summed E-state index contributed by atoms with van der Waals surface area (Å²) in [5.41, 5.74) is 3.22. The van der Waals surface area contributed by atoms with Crippen molar-refractivity contribution < 1.29 is 14.3 Å². The fourth-order valence-corrected chi connectivity index (χ4v) is 1.80. The molecule has 5 nitrogen and oxygen atoms in total. The lowest BCUT2D eigenvalue weighted by Gasteiger charge is -2.06. The van der Waals surface area contributed by atoms with E-state index in [1.54, 1.807) is 31.4 Å². The van der Waals surface area contributed by atoms with Crippen molar-refractivity contribution in [2.75, 3.05) is 13.7 Å². The second-order valence-electron chi connectivity index (χ2n) is 4.29. The highest BCUT2D eigenvalue weighted by molar-refractivity contribution is 6.32. The first-order valence-corrected chi connectivity index (χ1v) is 6.90. The molecule has 0 spiro atoms. The third-order valence-corrected chi connectivity index (χ3v) is 3.03. The van der Waals surface area contributed by atoms with Crippen molar-refractivity contribution in [1.29, 1.82) is 0 Å².